The zero-order valence-corrected chi connectivity index (χ0v) is 17.5. The topological polar surface area (TPSA) is 45.7 Å². The summed E-state index contributed by atoms with van der Waals surface area (Å²) in [6.07, 6.45) is 5.45. The molecule has 0 unspecified atom stereocenters. The molecule has 136 valence electrons. The fourth-order valence-electron chi connectivity index (χ4n) is 2.76. The lowest BCUT2D eigenvalue weighted by Gasteiger charge is -2.16. The Labute approximate surface area is 163 Å². The Morgan fingerprint density at radius 1 is 1.17 bits per heavy atom. The van der Waals surface area contributed by atoms with Gasteiger partial charge in [0, 0.05) is 12.6 Å². The molecule has 24 heavy (non-hydrogen) atoms. The molecule has 0 heterocycles. The van der Waals surface area contributed by atoms with Gasteiger partial charge in [0.25, 0.3) is 0 Å². The number of rotatable bonds is 7. The average molecular weight is 445 g/mol. The van der Waals surface area contributed by atoms with E-state index in [0.29, 0.717) is 19.2 Å². The van der Waals surface area contributed by atoms with Crippen molar-refractivity contribution in [3.8, 4) is 0 Å². The summed E-state index contributed by atoms with van der Waals surface area (Å²) in [5, 5.41) is 6.89. The summed E-state index contributed by atoms with van der Waals surface area (Å²) in [7, 11) is 0. The first kappa shape index (κ1) is 21.2. The summed E-state index contributed by atoms with van der Waals surface area (Å²) in [5.41, 5.74) is 2.43. The van der Waals surface area contributed by atoms with Gasteiger partial charge in [-0.2, -0.15) is 0 Å². The molecule has 0 spiro atoms. The van der Waals surface area contributed by atoms with Gasteiger partial charge in [-0.15, -0.1) is 24.0 Å². The fraction of sp³-hybridized carbons (Fsp3) is 0.632. The summed E-state index contributed by atoms with van der Waals surface area (Å²) >= 11 is 0. The Morgan fingerprint density at radius 3 is 2.38 bits per heavy atom. The van der Waals surface area contributed by atoms with E-state index in [0.717, 1.165) is 12.5 Å². The molecular formula is C19H32IN3O. The van der Waals surface area contributed by atoms with Crippen LogP contribution in [0.25, 0.3) is 0 Å². The van der Waals surface area contributed by atoms with Crippen LogP contribution in [0.4, 0.5) is 0 Å². The first-order valence-corrected chi connectivity index (χ1v) is 8.91. The van der Waals surface area contributed by atoms with Crippen LogP contribution in [0.5, 0.6) is 0 Å². The summed E-state index contributed by atoms with van der Waals surface area (Å²) in [5.74, 6) is 0.937. The molecule has 4 nitrogen and oxygen atoms in total. The highest BCUT2D eigenvalue weighted by molar-refractivity contribution is 14.0. The molecule has 1 fully saturated rings. The Balaban J connectivity index is 0.00000288. The van der Waals surface area contributed by atoms with E-state index in [2.05, 4.69) is 55.7 Å². The monoisotopic (exact) mass is 445 g/mol. The Bertz CT molecular complexity index is 482. The van der Waals surface area contributed by atoms with Gasteiger partial charge in [-0.3, -0.25) is 0 Å². The van der Waals surface area contributed by atoms with Crippen molar-refractivity contribution in [3.63, 3.8) is 0 Å². The molecule has 0 bridgehead atoms. The molecule has 5 heteroatoms. The van der Waals surface area contributed by atoms with E-state index >= 15 is 0 Å². The molecule has 1 aliphatic carbocycles. The van der Waals surface area contributed by atoms with E-state index in [1.165, 1.54) is 36.8 Å². The van der Waals surface area contributed by atoms with Crippen molar-refractivity contribution < 1.29 is 4.74 Å². The van der Waals surface area contributed by atoms with Crippen LogP contribution in [0.2, 0.25) is 0 Å². The lowest BCUT2D eigenvalue weighted by atomic mass is 10.1. The van der Waals surface area contributed by atoms with Gasteiger partial charge < -0.3 is 15.4 Å². The van der Waals surface area contributed by atoms with Gasteiger partial charge in [0.1, 0.15) is 0 Å². The maximum Gasteiger partial charge on any atom is 0.191 e. The highest BCUT2D eigenvalue weighted by atomic mass is 127. The van der Waals surface area contributed by atoms with Gasteiger partial charge in [-0.1, -0.05) is 37.1 Å². The molecule has 0 amide bonds. The molecule has 0 radical (unpaired) electrons. The third kappa shape index (κ3) is 7.83. The lowest BCUT2D eigenvalue weighted by molar-refractivity contribution is 0.0657. The summed E-state index contributed by atoms with van der Waals surface area (Å²) < 4.78 is 5.62. The molecule has 2 rings (SSSR count). The minimum Gasteiger partial charge on any atom is -0.374 e. The molecule has 0 aliphatic heterocycles. The number of halogens is 1. The molecule has 0 aromatic heterocycles. The van der Waals surface area contributed by atoms with Crippen LogP contribution < -0.4 is 10.6 Å². The molecule has 1 aromatic rings. The Hall–Kier alpha value is -0.820. The third-order valence-electron chi connectivity index (χ3n) is 4.07. The van der Waals surface area contributed by atoms with Gasteiger partial charge in [-0.05, 0) is 44.7 Å². The summed E-state index contributed by atoms with van der Waals surface area (Å²) in [6, 6.07) is 9.13. The van der Waals surface area contributed by atoms with Crippen LogP contribution in [-0.4, -0.2) is 24.7 Å². The Morgan fingerprint density at radius 2 is 1.79 bits per heavy atom. The maximum absolute atomic E-state index is 5.62. The van der Waals surface area contributed by atoms with Crippen LogP contribution in [0, 0.1) is 0 Å². The van der Waals surface area contributed by atoms with Crippen LogP contribution in [0.1, 0.15) is 57.6 Å². The van der Waals surface area contributed by atoms with Crippen LogP contribution in [0.3, 0.4) is 0 Å². The van der Waals surface area contributed by atoms with Crippen molar-refractivity contribution in [2.45, 2.75) is 71.8 Å². The molecule has 1 aromatic carbocycles. The minimum atomic E-state index is 0. The smallest absolute Gasteiger partial charge is 0.191 e. The first-order chi connectivity index (χ1) is 11.2. The van der Waals surface area contributed by atoms with Crippen molar-refractivity contribution in [1.82, 2.24) is 10.6 Å². The molecule has 2 N–H and O–H groups in total. The maximum atomic E-state index is 5.62. The number of hydrogen-bond acceptors (Lipinski definition) is 2. The van der Waals surface area contributed by atoms with Crippen molar-refractivity contribution in [2.24, 2.45) is 4.99 Å². The molecule has 0 saturated heterocycles. The van der Waals surface area contributed by atoms with Gasteiger partial charge in [-0.25, -0.2) is 4.99 Å². The van der Waals surface area contributed by atoms with Crippen LogP contribution >= 0.6 is 24.0 Å². The molecule has 1 saturated carbocycles. The molecular weight excluding hydrogens is 413 g/mol. The van der Waals surface area contributed by atoms with E-state index in [4.69, 9.17) is 9.73 Å². The highest BCUT2D eigenvalue weighted by Gasteiger charge is 2.15. The quantitative estimate of drug-likeness (QED) is 0.375. The largest absolute Gasteiger partial charge is 0.374 e. The van der Waals surface area contributed by atoms with Crippen molar-refractivity contribution >= 4 is 29.9 Å². The van der Waals surface area contributed by atoms with E-state index in [9.17, 15) is 0 Å². The first-order valence-electron chi connectivity index (χ1n) is 8.91. The third-order valence-corrected chi connectivity index (χ3v) is 4.07. The van der Waals surface area contributed by atoms with Crippen molar-refractivity contribution in [3.05, 3.63) is 35.4 Å². The molecule has 1 aliphatic rings. The minimum absolute atomic E-state index is 0. The fourth-order valence-corrected chi connectivity index (χ4v) is 2.76. The van der Waals surface area contributed by atoms with E-state index < -0.39 is 0 Å². The van der Waals surface area contributed by atoms with Gasteiger partial charge >= 0.3 is 0 Å². The van der Waals surface area contributed by atoms with Gasteiger partial charge in [0.2, 0.25) is 0 Å². The molecule has 0 atom stereocenters. The summed E-state index contributed by atoms with van der Waals surface area (Å²) in [6.45, 7) is 8.49. The van der Waals surface area contributed by atoms with E-state index in [-0.39, 0.29) is 30.1 Å². The number of hydrogen-bond donors (Lipinski definition) is 2. The predicted molar refractivity (Wildman–Crippen MR) is 112 cm³/mol. The second-order valence-corrected chi connectivity index (χ2v) is 6.50. The normalized spacial score (nSPS) is 15.4. The van der Waals surface area contributed by atoms with E-state index in [1.54, 1.807) is 0 Å². The van der Waals surface area contributed by atoms with E-state index in [1.807, 2.05) is 0 Å². The van der Waals surface area contributed by atoms with Crippen LogP contribution in [0.15, 0.2) is 29.3 Å². The number of nitrogens with one attached hydrogen (secondary N) is 2. The zero-order chi connectivity index (χ0) is 16.5. The zero-order valence-electron chi connectivity index (χ0n) is 15.2. The lowest BCUT2D eigenvalue weighted by Crippen LogP contribution is -2.42. The standard InChI is InChI=1S/C19H31N3O.HI/c1-4-20-19(22-18-7-5-6-8-18)21-13-16-9-11-17(12-10-16)14-23-15(2)3;/h9-12,15,18H,4-8,13-14H2,1-3H3,(H2,20,21,22);1H. The van der Waals surface area contributed by atoms with Gasteiger partial charge in [0.15, 0.2) is 5.96 Å². The van der Waals surface area contributed by atoms with Crippen molar-refractivity contribution in [2.75, 3.05) is 6.54 Å². The Kier molecular flexibility index (Phi) is 10.3. The summed E-state index contributed by atoms with van der Waals surface area (Å²) in [4.78, 5) is 4.71. The van der Waals surface area contributed by atoms with Gasteiger partial charge in [0.05, 0.1) is 19.3 Å². The average Bonchev–Trinajstić information content (AvgIpc) is 3.05. The predicted octanol–water partition coefficient (Wildman–Crippen LogP) is 4.23. The number of benzene rings is 1. The number of ether oxygens (including phenoxy) is 1. The van der Waals surface area contributed by atoms with Crippen molar-refractivity contribution in [1.29, 1.82) is 0 Å². The second-order valence-electron chi connectivity index (χ2n) is 6.50. The number of nitrogens with zero attached hydrogens (tertiary/aromatic N) is 1. The highest BCUT2D eigenvalue weighted by Crippen LogP contribution is 2.17. The SMILES string of the molecule is CCNC(=NCc1ccc(COC(C)C)cc1)NC1CCCC1.I. The number of guanidine groups is 1. The second kappa shape index (κ2) is 11.7. The van der Waals surface area contributed by atoms with Crippen LogP contribution in [-0.2, 0) is 17.9 Å². The number of aliphatic imine (C=N–C) groups is 1.